The number of furan rings is 1. The molecule has 3 nitrogen and oxygen atoms in total. The summed E-state index contributed by atoms with van der Waals surface area (Å²) in [6, 6.07) is 5.99. The summed E-state index contributed by atoms with van der Waals surface area (Å²) >= 11 is 3.36. The summed E-state index contributed by atoms with van der Waals surface area (Å²) in [6.07, 6.45) is 3.02. The predicted molar refractivity (Wildman–Crippen MR) is 84.2 cm³/mol. The third-order valence-electron chi connectivity index (χ3n) is 2.90. The first kappa shape index (κ1) is 15.1. The second-order valence-corrected chi connectivity index (χ2v) is 5.57. The highest BCUT2D eigenvalue weighted by Gasteiger charge is 2.09. The van der Waals surface area contributed by atoms with Crippen LogP contribution >= 0.6 is 15.9 Å². The van der Waals surface area contributed by atoms with Crippen LogP contribution in [0.15, 0.2) is 38.9 Å². The molecule has 0 amide bonds. The Bertz CT molecular complexity index is 609. The van der Waals surface area contributed by atoms with Crippen LogP contribution in [0, 0.1) is 0 Å². The minimum atomic E-state index is 0.256. The summed E-state index contributed by atoms with van der Waals surface area (Å²) in [5.41, 5.74) is 3.23. The SMILES string of the molecule is CCOCOc1cc2oc(Br)cc2cc1CC=C(C)C. The maximum Gasteiger partial charge on any atom is 0.189 e. The van der Waals surface area contributed by atoms with Gasteiger partial charge in [0.2, 0.25) is 0 Å². The van der Waals surface area contributed by atoms with Gasteiger partial charge in [-0.3, -0.25) is 0 Å². The lowest BCUT2D eigenvalue weighted by molar-refractivity contribution is 0.0219. The highest BCUT2D eigenvalue weighted by Crippen LogP contribution is 2.31. The Morgan fingerprint density at radius 3 is 2.80 bits per heavy atom. The van der Waals surface area contributed by atoms with E-state index in [4.69, 9.17) is 13.9 Å². The van der Waals surface area contributed by atoms with Gasteiger partial charge in [0.05, 0.1) is 0 Å². The first-order valence-corrected chi connectivity index (χ1v) is 7.45. The number of hydrogen-bond acceptors (Lipinski definition) is 3. The molecule has 0 saturated carbocycles. The van der Waals surface area contributed by atoms with Gasteiger partial charge in [-0.05, 0) is 60.8 Å². The van der Waals surface area contributed by atoms with Crippen molar-refractivity contribution in [3.05, 3.63) is 40.1 Å². The van der Waals surface area contributed by atoms with Gasteiger partial charge in [-0.15, -0.1) is 0 Å². The second-order valence-electron chi connectivity index (χ2n) is 4.79. The van der Waals surface area contributed by atoms with Crippen molar-refractivity contribution in [3.8, 4) is 5.75 Å². The molecule has 20 heavy (non-hydrogen) atoms. The Kier molecular flexibility index (Phi) is 5.26. The molecule has 0 fully saturated rings. The van der Waals surface area contributed by atoms with Gasteiger partial charge in [-0.2, -0.15) is 0 Å². The van der Waals surface area contributed by atoms with Crippen molar-refractivity contribution in [2.75, 3.05) is 13.4 Å². The van der Waals surface area contributed by atoms with Crippen molar-refractivity contribution < 1.29 is 13.9 Å². The molecule has 0 spiro atoms. The molecule has 1 heterocycles. The fraction of sp³-hybridized carbons (Fsp3) is 0.375. The smallest absolute Gasteiger partial charge is 0.189 e. The molecule has 0 N–H and O–H groups in total. The van der Waals surface area contributed by atoms with Crippen LogP contribution in [-0.4, -0.2) is 13.4 Å². The van der Waals surface area contributed by atoms with Crippen molar-refractivity contribution in [2.24, 2.45) is 0 Å². The number of fused-ring (bicyclic) bond motifs is 1. The summed E-state index contributed by atoms with van der Waals surface area (Å²) in [4.78, 5) is 0. The zero-order chi connectivity index (χ0) is 14.5. The van der Waals surface area contributed by atoms with Crippen molar-refractivity contribution in [1.29, 1.82) is 0 Å². The zero-order valence-electron chi connectivity index (χ0n) is 12.0. The summed E-state index contributed by atoms with van der Waals surface area (Å²) in [5, 5.41) is 1.07. The van der Waals surface area contributed by atoms with Crippen LogP contribution in [0.3, 0.4) is 0 Å². The van der Waals surface area contributed by atoms with Crippen LogP contribution in [0.4, 0.5) is 0 Å². The molecule has 0 aliphatic rings. The van der Waals surface area contributed by atoms with E-state index in [1.165, 1.54) is 5.57 Å². The Labute approximate surface area is 127 Å². The number of hydrogen-bond donors (Lipinski definition) is 0. The summed E-state index contributed by atoms with van der Waals surface area (Å²) in [6.45, 7) is 7.02. The third-order valence-corrected chi connectivity index (χ3v) is 3.29. The minimum Gasteiger partial charge on any atom is -0.467 e. The van der Waals surface area contributed by atoms with E-state index in [1.807, 2.05) is 19.1 Å². The quantitative estimate of drug-likeness (QED) is 0.418. The van der Waals surface area contributed by atoms with Crippen LogP contribution in [0.25, 0.3) is 11.0 Å². The standard InChI is InChI=1S/C16H19BrO3/c1-4-18-10-19-14-9-15-13(8-16(17)20-15)7-12(14)6-5-11(2)3/h5,7-9H,4,6,10H2,1-3H3. The number of allylic oxidation sites excluding steroid dienone is 2. The van der Waals surface area contributed by atoms with E-state index in [2.05, 4.69) is 41.9 Å². The van der Waals surface area contributed by atoms with E-state index in [0.717, 1.165) is 33.4 Å². The van der Waals surface area contributed by atoms with Crippen LogP contribution in [-0.2, 0) is 11.2 Å². The van der Waals surface area contributed by atoms with Gasteiger partial charge in [0, 0.05) is 18.1 Å². The zero-order valence-corrected chi connectivity index (χ0v) is 13.6. The maximum absolute atomic E-state index is 5.70. The highest BCUT2D eigenvalue weighted by atomic mass is 79.9. The van der Waals surface area contributed by atoms with Crippen molar-refractivity contribution in [3.63, 3.8) is 0 Å². The molecule has 1 aromatic heterocycles. The molecule has 108 valence electrons. The fourth-order valence-electron chi connectivity index (χ4n) is 1.88. The number of ether oxygens (including phenoxy) is 2. The summed E-state index contributed by atoms with van der Waals surface area (Å²) in [5.74, 6) is 0.810. The largest absolute Gasteiger partial charge is 0.467 e. The van der Waals surface area contributed by atoms with Gasteiger partial charge in [-0.25, -0.2) is 0 Å². The molecule has 2 aromatic rings. The molecule has 0 bridgehead atoms. The Hall–Kier alpha value is -1.26. The van der Waals surface area contributed by atoms with Gasteiger partial charge >= 0.3 is 0 Å². The van der Waals surface area contributed by atoms with E-state index >= 15 is 0 Å². The lowest BCUT2D eigenvalue weighted by atomic mass is 10.1. The minimum absolute atomic E-state index is 0.256. The average Bonchev–Trinajstić information content (AvgIpc) is 2.75. The predicted octanol–water partition coefficient (Wildman–Crippen LogP) is 5.08. The normalized spacial score (nSPS) is 10.8. The Morgan fingerprint density at radius 1 is 1.30 bits per heavy atom. The van der Waals surface area contributed by atoms with E-state index < -0.39 is 0 Å². The van der Waals surface area contributed by atoms with Crippen molar-refractivity contribution >= 4 is 26.9 Å². The maximum atomic E-state index is 5.70. The van der Waals surface area contributed by atoms with Crippen molar-refractivity contribution in [2.45, 2.75) is 27.2 Å². The van der Waals surface area contributed by atoms with Crippen LogP contribution in [0.1, 0.15) is 26.3 Å². The molecule has 0 atom stereocenters. The molecule has 2 rings (SSSR count). The van der Waals surface area contributed by atoms with E-state index in [1.54, 1.807) is 0 Å². The van der Waals surface area contributed by atoms with E-state index in [-0.39, 0.29) is 6.79 Å². The van der Waals surface area contributed by atoms with Crippen LogP contribution in [0.5, 0.6) is 5.75 Å². The van der Waals surface area contributed by atoms with Crippen molar-refractivity contribution in [1.82, 2.24) is 0 Å². The van der Waals surface area contributed by atoms with Gasteiger partial charge in [-0.1, -0.05) is 11.6 Å². The average molecular weight is 339 g/mol. The first-order valence-electron chi connectivity index (χ1n) is 6.66. The van der Waals surface area contributed by atoms with Gasteiger partial charge in [0.15, 0.2) is 11.5 Å². The molecule has 0 unspecified atom stereocenters. The van der Waals surface area contributed by atoms with Crippen LogP contribution in [0.2, 0.25) is 0 Å². The molecular weight excluding hydrogens is 320 g/mol. The Balaban J connectivity index is 2.33. The Morgan fingerprint density at radius 2 is 2.10 bits per heavy atom. The van der Waals surface area contributed by atoms with Gasteiger partial charge in [0.25, 0.3) is 0 Å². The lowest BCUT2D eigenvalue weighted by Crippen LogP contribution is -2.04. The molecule has 4 heteroatoms. The molecule has 0 aliphatic carbocycles. The summed E-state index contributed by atoms with van der Waals surface area (Å²) in [7, 11) is 0. The number of benzene rings is 1. The lowest BCUT2D eigenvalue weighted by Gasteiger charge is -2.10. The molecular formula is C16H19BrO3. The van der Waals surface area contributed by atoms with E-state index in [0.29, 0.717) is 6.61 Å². The summed E-state index contributed by atoms with van der Waals surface area (Å²) < 4.78 is 17.3. The van der Waals surface area contributed by atoms with E-state index in [9.17, 15) is 0 Å². The second kappa shape index (κ2) is 6.95. The molecule has 0 saturated heterocycles. The molecule has 1 aromatic carbocycles. The topological polar surface area (TPSA) is 31.6 Å². The molecule has 0 aliphatic heterocycles. The number of rotatable bonds is 6. The highest BCUT2D eigenvalue weighted by molar-refractivity contribution is 9.10. The van der Waals surface area contributed by atoms with Crippen LogP contribution < -0.4 is 4.74 Å². The van der Waals surface area contributed by atoms with Gasteiger partial charge < -0.3 is 13.9 Å². The fourth-order valence-corrected chi connectivity index (χ4v) is 2.30. The monoisotopic (exact) mass is 338 g/mol. The third kappa shape index (κ3) is 3.87. The molecule has 0 radical (unpaired) electrons. The number of halogens is 1. The van der Waals surface area contributed by atoms with Gasteiger partial charge in [0.1, 0.15) is 11.3 Å². The first-order chi connectivity index (χ1) is 9.60.